The van der Waals surface area contributed by atoms with Crippen molar-refractivity contribution in [3.05, 3.63) is 23.8 Å². The number of aromatic nitrogens is 2. The van der Waals surface area contributed by atoms with Crippen molar-refractivity contribution in [3.63, 3.8) is 0 Å². The zero-order chi connectivity index (χ0) is 12.4. The monoisotopic (exact) mass is 265 g/mol. The molecule has 0 spiro atoms. The van der Waals surface area contributed by atoms with E-state index in [1.165, 1.54) is 5.56 Å². The van der Waals surface area contributed by atoms with E-state index in [2.05, 4.69) is 29.0 Å². The summed E-state index contributed by atoms with van der Waals surface area (Å²) in [7, 11) is 0. The van der Waals surface area contributed by atoms with Gasteiger partial charge in [0.05, 0.1) is 16.0 Å². The summed E-state index contributed by atoms with van der Waals surface area (Å²) in [5.41, 5.74) is 8.89. The van der Waals surface area contributed by atoms with Crippen LogP contribution in [0, 0.1) is 12.8 Å². The highest BCUT2D eigenvalue weighted by atomic mass is 32.2. The van der Waals surface area contributed by atoms with Crippen molar-refractivity contribution < 1.29 is 0 Å². The van der Waals surface area contributed by atoms with Crippen molar-refractivity contribution >= 4 is 40.0 Å². The quantitative estimate of drug-likeness (QED) is 0.659. The molecule has 5 heteroatoms. The molecule has 17 heavy (non-hydrogen) atoms. The number of fused-ring (bicyclic) bond motifs is 1. The molecule has 0 aliphatic rings. The molecule has 1 atom stereocenters. The van der Waals surface area contributed by atoms with Crippen LogP contribution in [0.3, 0.4) is 0 Å². The molecular formula is C12H15N3S2. The maximum Gasteiger partial charge on any atom is 0.166 e. The molecule has 90 valence electrons. The highest BCUT2D eigenvalue weighted by molar-refractivity contribution is 7.99. The van der Waals surface area contributed by atoms with Crippen LogP contribution in [0.15, 0.2) is 23.4 Å². The maximum atomic E-state index is 5.58. The molecule has 1 aromatic heterocycles. The standard InChI is InChI=1S/C12H15N3S2/c1-7-3-4-9-10(5-7)15-12(14-9)17-6-8(2)11(13)16/h3-5,8H,6H2,1-2H3,(H2,13,16)(H,14,15). The fourth-order valence-corrected chi connectivity index (χ4v) is 2.58. The zero-order valence-corrected chi connectivity index (χ0v) is 11.5. The number of rotatable bonds is 4. The number of H-pyrrole nitrogens is 1. The Labute approximate surface area is 110 Å². The second-order valence-electron chi connectivity index (χ2n) is 4.18. The first-order valence-electron chi connectivity index (χ1n) is 5.45. The van der Waals surface area contributed by atoms with Crippen molar-refractivity contribution in [3.8, 4) is 0 Å². The highest BCUT2D eigenvalue weighted by Crippen LogP contribution is 2.22. The minimum atomic E-state index is 0.227. The second kappa shape index (κ2) is 5.06. The molecule has 0 aliphatic heterocycles. The molecule has 1 unspecified atom stereocenters. The largest absolute Gasteiger partial charge is 0.393 e. The number of nitrogens with zero attached hydrogens (tertiary/aromatic N) is 1. The van der Waals surface area contributed by atoms with Gasteiger partial charge in [0.2, 0.25) is 0 Å². The molecule has 0 radical (unpaired) electrons. The molecule has 0 bridgehead atoms. The van der Waals surface area contributed by atoms with Crippen molar-refractivity contribution in [1.29, 1.82) is 0 Å². The minimum absolute atomic E-state index is 0.227. The fraction of sp³-hybridized carbons (Fsp3) is 0.333. The van der Waals surface area contributed by atoms with Crippen molar-refractivity contribution in [1.82, 2.24) is 9.97 Å². The van der Waals surface area contributed by atoms with Gasteiger partial charge in [0, 0.05) is 11.7 Å². The molecule has 0 fully saturated rings. The maximum absolute atomic E-state index is 5.58. The first kappa shape index (κ1) is 12.4. The van der Waals surface area contributed by atoms with Gasteiger partial charge >= 0.3 is 0 Å². The van der Waals surface area contributed by atoms with Gasteiger partial charge in [-0.05, 0) is 24.6 Å². The molecule has 3 nitrogen and oxygen atoms in total. The Bertz CT molecular complexity index is 548. The van der Waals surface area contributed by atoms with Gasteiger partial charge in [0.15, 0.2) is 5.16 Å². The lowest BCUT2D eigenvalue weighted by Gasteiger charge is -2.06. The Morgan fingerprint density at radius 3 is 3.06 bits per heavy atom. The number of aryl methyl sites for hydroxylation is 1. The summed E-state index contributed by atoms with van der Waals surface area (Å²) in [5.74, 6) is 1.08. The number of aromatic amines is 1. The first-order valence-corrected chi connectivity index (χ1v) is 6.84. The SMILES string of the molecule is Cc1ccc2nc(SCC(C)C(N)=S)[nH]c2c1. The summed E-state index contributed by atoms with van der Waals surface area (Å²) in [6.45, 7) is 4.10. The Balaban J connectivity index is 2.12. The number of thiocarbonyl (C=S) groups is 1. The zero-order valence-electron chi connectivity index (χ0n) is 9.86. The lowest BCUT2D eigenvalue weighted by molar-refractivity contribution is 0.901. The van der Waals surface area contributed by atoms with E-state index in [1.807, 2.05) is 13.0 Å². The summed E-state index contributed by atoms with van der Waals surface area (Å²) >= 11 is 6.60. The average molecular weight is 265 g/mol. The molecule has 1 heterocycles. The topological polar surface area (TPSA) is 54.7 Å². The first-order chi connectivity index (χ1) is 8.06. The third-order valence-electron chi connectivity index (χ3n) is 2.57. The summed E-state index contributed by atoms with van der Waals surface area (Å²) in [6, 6.07) is 6.20. The summed E-state index contributed by atoms with van der Waals surface area (Å²) in [5, 5.41) is 0.925. The van der Waals surface area contributed by atoms with Crippen LogP contribution in [0.2, 0.25) is 0 Å². The smallest absolute Gasteiger partial charge is 0.166 e. The van der Waals surface area contributed by atoms with Gasteiger partial charge in [-0.1, -0.05) is 37.0 Å². The Morgan fingerprint density at radius 2 is 2.35 bits per heavy atom. The lowest BCUT2D eigenvalue weighted by Crippen LogP contribution is -2.20. The number of hydrogen-bond acceptors (Lipinski definition) is 3. The fourth-order valence-electron chi connectivity index (χ4n) is 1.45. The third kappa shape index (κ3) is 2.98. The van der Waals surface area contributed by atoms with Crippen molar-refractivity contribution in [2.24, 2.45) is 11.7 Å². The Morgan fingerprint density at radius 1 is 1.59 bits per heavy atom. The van der Waals surface area contributed by atoms with Gasteiger partial charge in [0.25, 0.3) is 0 Å². The van der Waals surface area contributed by atoms with Crippen molar-refractivity contribution in [2.45, 2.75) is 19.0 Å². The predicted octanol–water partition coefficient (Wildman–Crippen LogP) is 2.89. The van der Waals surface area contributed by atoms with Gasteiger partial charge in [-0.15, -0.1) is 0 Å². The van der Waals surface area contributed by atoms with Gasteiger partial charge < -0.3 is 10.7 Å². The van der Waals surface area contributed by atoms with Gasteiger partial charge in [-0.25, -0.2) is 4.98 Å². The molecule has 0 amide bonds. The van der Waals surface area contributed by atoms with Crippen molar-refractivity contribution in [2.75, 3.05) is 5.75 Å². The number of hydrogen-bond donors (Lipinski definition) is 2. The van der Waals surface area contributed by atoms with E-state index >= 15 is 0 Å². The molecular weight excluding hydrogens is 250 g/mol. The minimum Gasteiger partial charge on any atom is -0.393 e. The summed E-state index contributed by atoms with van der Waals surface area (Å²) in [6.07, 6.45) is 0. The molecule has 0 aliphatic carbocycles. The van der Waals surface area contributed by atoms with Crippen LogP contribution in [0.5, 0.6) is 0 Å². The molecule has 3 N–H and O–H groups in total. The van der Waals surface area contributed by atoms with Crippen LogP contribution in [-0.2, 0) is 0 Å². The summed E-state index contributed by atoms with van der Waals surface area (Å²) in [4.78, 5) is 8.37. The number of thioether (sulfide) groups is 1. The van der Waals surface area contributed by atoms with E-state index in [-0.39, 0.29) is 5.92 Å². The van der Waals surface area contributed by atoms with Crippen LogP contribution in [0.4, 0.5) is 0 Å². The van der Waals surface area contributed by atoms with E-state index < -0.39 is 0 Å². The van der Waals surface area contributed by atoms with Crippen LogP contribution in [-0.4, -0.2) is 20.7 Å². The van der Waals surface area contributed by atoms with Crippen LogP contribution >= 0.6 is 24.0 Å². The normalized spacial score (nSPS) is 12.8. The van der Waals surface area contributed by atoms with E-state index in [9.17, 15) is 0 Å². The van der Waals surface area contributed by atoms with Gasteiger partial charge in [-0.3, -0.25) is 0 Å². The third-order valence-corrected chi connectivity index (χ3v) is 4.11. The molecule has 1 aromatic carbocycles. The number of benzene rings is 1. The molecule has 2 aromatic rings. The van der Waals surface area contributed by atoms with E-state index in [1.54, 1.807) is 11.8 Å². The number of nitrogens with two attached hydrogens (primary N) is 1. The number of nitrogens with one attached hydrogen (secondary N) is 1. The molecule has 2 rings (SSSR count). The lowest BCUT2D eigenvalue weighted by atomic mass is 10.2. The second-order valence-corrected chi connectivity index (χ2v) is 5.66. The molecule has 0 saturated carbocycles. The van der Waals surface area contributed by atoms with E-state index in [0.717, 1.165) is 21.9 Å². The molecule has 0 saturated heterocycles. The number of imidazole rings is 1. The summed E-state index contributed by atoms with van der Waals surface area (Å²) < 4.78 is 0. The predicted molar refractivity (Wildman–Crippen MR) is 77.5 cm³/mol. The van der Waals surface area contributed by atoms with Crippen LogP contribution in [0.25, 0.3) is 11.0 Å². The average Bonchev–Trinajstić information content (AvgIpc) is 2.67. The van der Waals surface area contributed by atoms with Crippen LogP contribution in [0.1, 0.15) is 12.5 Å². The highest BCUT2D eigenvalue weighted by Gasteiger charge is 2.08. The van der Waals surface area contributed by atoms with Gasteiger partial charge in [0.1, 0.15) is 0 Å². The Kier molecular flexibility index (Phi) is 3.69. The van der Waals surface area contributed by atoms with Gasteiger partial charge in [-0.2, -0.15) is 0 Å². The Hall–Kier alpha value is -1.07. The van der Waals surface area contributed by atoms with Crippen LogP contribution < -0.4 is 5.73 Å². The van der Waals surface area contributed by atoms with E-state index in [0.29, 0.717) is 4.99 Å². The van der Waals surface area contributed by atoms with E-state index in [4.69, 9.17) is 18.0 Å².